The van der Waals surface area contributed by atoms with Gasteiger partial charge in [0.25, 0.3) is 10.1 Å². The lowest BCUT2D eigenvalue weighted by Crippen LogP contribution is -2.62. The fourth-order valence-electron chi connectivity index (χ4n) is 6.90. The molecule has 7 nitrogen and oxygen atoms in total. The number of esters is 1. The highest BCUT2D eigenvalue weighted by Crippen LogP contribution is 2.63. The van der Waals surface area contributed by atoms with Crippen LogP contribution in [0.5, 0.6) is 0 Å². The number of rotatable bonds is 4. The fourth-order valence-corrected chi connectivity index (χ4v) is 7.69. The second kappa shape index (κ2) is 7.93. The maximum absolute atomic E-state index is 12.3. The second-order valence-electron chi connectivity index (χ2n) is 11.1. The van der Waals surface area contributed by atoms with E-state index >= 15 is 0 Å². The molecule has 4 rings (SSSR count). The van der Waals surface area contributed by atoms with Crippen molar-refractivity contribution in [2.24, 2.45) is 28.6 Å². The summed E-state index contributed by atoms with van der Waals surface area (Å²) in [5.41, 5.74) is 1.42. The predicted octanol–water partition coefficient (Wildman–Crippen LogP) is 3.90. The first-order valence-electron chi connectivity index (χ1n) is 11.6. The van der Waals surface area contributed by atoms with Gasteiger partial charge in [-0.25, -0.2) is 4.79 Å². The minimum absolute atomic E-state index is 0.0137. The van der Waals surface area contributed by atoms with Crippen molar-refractivity contribution in [3.63, 3.8) is 0 Å². The summed E-state index contributed by atoms with van der Waals surface area (Å²) in [4.78, 5) is 12.3. The molecule has 180 valence electrons. The molecule has 1 N–H and O–H groups in total. The first kappa shape index (κ1) is 23.9. The van der Waals surface area contributed by atoms with Gasteiger partial charge in [-0.05, 0) is 63.2 Å². The van der Waals surface area contributed by atoms with Crippen molar-refractivity contribution < 1.29 is 32.0 Å². The van der Waals surface area contributed by atoms with Crippen LogP contribution in [0.1, 0.15) is 59.8 Å². The second-order valence-corrected chi connectivity index (χ2v) is 12.6. The van der Waals surface area contributed by atoms with Crippen LogP contribution in [-0.4, -0.2) is 49.8 Å². The normalized spacial score (nSPS) is 43.0. The lowest BCUT2D eigenvalue weighted by atomic mass is 9.46. The van der Waals surface area contributed by atoms with Gasteiger partial charge >= 0.3 is 5.97 Å². The van der Waals surface area contributed by atoms with Crippen LogP contribution in [0.15, 0.2) is 23.8 Å². The summed E-state index contributed by atoms with van der Waals surface area (Å²) in [5.74, 6) is -1.63. The molecule has 6 unspecified atom stereocenters. The van der Waals surface area contributed by atoms with Crippen LogP contribution in [0, 0.1) is 28.6 Å². The monoisotopic (exact) mass is 468 g/mol. The number of allylic oxidation sites excluding steroid dienone is 2. The molecule has 0 aromatic carbocycles. The number of carbonyl (C=O) groups excluding carboxylic acids is 1. The number of hydrogen-bond acceptors (Lipinski definition) is 6. The highest BCUT2D eigenvalue weighted by Gasteiger charge is 2.60. The minimum Gasteiger partial charge on any atom is -0.462 e. The molecule has 2 saturated heterocycles. The van der Waals surface area contributed by atoms with Gasteiger partial charge in [0.05, 0.1) is 25.1 Å². The van der Waals surface area contributed by atoms with Crippen LogP contribution >= 0.6 is 0 Å². The molecule has 0 amide bonds. The molecule has 6 atom stereocenters. The van der Waals surface area contributed by atoms with Crippen LogP contribution in [0.4, 0.5) is 0 Å². The average molecular weight is 469 g/mol. The molecule has 32 heavy (non-hydrogen) atoms. The van der Waals surface area contributed by atoms with Crippen molar-refractivity contribution >= 4 is 16.1 Å². The number of fused-ring (bicyclic) bond motifs is 3. The molecule has 2 heterocycles. The molecule has 2 aliphatic carbocycles. The summed E-state index contributed by atoms with van der Waals surface area (Å²) < 4.78 is 49.6. The average Bonchev–Trinajstić information content (AvgIpc) is 3.00. The van der Waals surface area contributed by atoms with Crippen LogP contribution in [-0.2, 0) is 29.1 Å². The fraction of sp³-hybridized carbons (Fsp3) is 0.792. The van der Waals surface area contributed by atoms with Gasteiger partial charge in [-0.2, -0.15) is 8.42 Å². The Labute approximate surface area is 191 Å². The number of ether oxygens (including phenoxy) is 3. The third-order valence-electron chi connectivity index (χ3n) is 8.55. The van der Waals surface area contributed by atoms with Gasteiger partial charge in [-0.15, -0.1) is 0 Å². The van der Waals surface area contributed by atoms with Gasteiger partial charge in [-0.3, -0.25) is 4.55 Å². The minimum atomic E-state index is -4.20. The zero-order valence-electron chi connectivity index (χ0n) is 19.6. The van der Waals surface area contributed by atoms with E-state index in [9.17, 15) is 17.8 Å². The third-order valence-corrected chi connectivity index (χ3v) is 9.37. The highest BCUT2D eigenvalue weighted by atomic mass is 32.2. The molecule has 0 spiro atoms. The molecular weight excluding hydrogens is 432 g/mol. The number of hydrogen-bond donors (Lipinski definition) is 1. The van der Waals surface area contributed by atoms with E-state index in [1.807, 2.05) is 19.9 Å². The largest absolute Gasteiger partial charge is 0.462 e. The Morgan fingerprint density at radius 2 is 1.91 bits per heavy atom. The molecule has 2 aliphatic heterocycles. The predicted molar refractivity (Wildman–Crippen MR) is 119 cm³/mol. The summed E-state index contributed by atoms with van der Waals surface area (Å²) >= 11 is 0. The van der Waals surface area contributed by atoms with E-state index in [2.05, 4.69) is 20.4 Å². The van der Waals surface area contributed by atoms with Crippen LogP contribution in [0.25, 0.3) is 0 Å². The molecule has 0 aromatic rings. The highest BCUT2D eigenvalue weighted by molar-refractivity contribution is 7.85. The van der Waals surface area contributed by atoms with E-state index < -0.39 is 33.5 Å². The summed E-state index contributed by atoms with van der Waals surface area (Å²) in [6.07, 6.45) is 6.49. The van der Waals surface area contributed by atoms with Crippen LogP contribution in [0.3, 0.4) is 0 Å². The van der Waals surface area contributed by atoms with Crippen molar-refractivity contribution in [2.75, 3.05) is 19.0 Å². The maximum Gasteiger partial charge on any atom is 0.334 e. The maximum atomic E-state index is 12.3. The van der Waals surface area contributed by atoms with Crippen LogP contribution in [0.2, 0.25) is 0 Å². The van der Waals surface area contributed by atoms with Crippen molar-refractivity contribution in [3.8, 4) is 0 Å². The van der Waals surface area contributed by atoms with E-state index in [4.69, 9.17) is 14.2 Å². The van der Waals surface area contributed by atoms with E-state index in [1.165, 1.54) is 5.57 Å². The molecular formula is C24H36O7S. The first-order valence-corrected chi connectivity index (χ1v) is 13.2. The molecule has 0 bridgehead atoms. The Kier molecular flexibility index (Phi) is 5.93. The van der Waals surface area contributed by atoms with Crippen molar-refractivity contribution in [2.45, 2.75) is 71.7 Å². The number of cyclic esters (lactones) is 1. The Bertz CT molecular complexity index is 936. The SMILES string of the molecule is C=C1CCC2C3(C)COC(C)(C)OC3CCC2(C)C1C/C=C1/C(=O)OCC1CS(=O)(=O)O. The lowest BCUT2D eigenvalue weighted by Gasteiger charge is -2.63. The summed E-state index contributed by atoms with van der Waals surface area (Å²) in [6, 6.07) is 0. The van der Waals surface area contributed by atoms with Crippen molar-refractivity contribution in [1.29, 1.82) is 0 Å². The molecule has 4 aliphatic rings. The van der Waals surface area contributed by atoms with E-state index in [1.54, 1.807) is 0 Å². The van der Waals surface area contributed by atoms with E-state index in [0.29, 0.717) is 24.5 Å². The zero-order valence-corrected chi connectivity index (χ0v) is 20.4. The van der Waals surface area contributed by atoms with Crippen molar-refractivity contribution in [3.05, 3.63) is 23.8 Å². The molecule has 0 aromatic heterocycles. The van der Waals surface area contributed by atoms with Crippen LogP contribution < -0.4 is 0 Å². The van der Waals surface area contributed by atoms with E-state index in [0.717, 1.165) is 25.7 Å². The molecule has 2 saturated carbocycles. The number of carbonyl (C=O) groups is 1. The molecule has 8 heteroatoms. The Hall–Kier alpha value is -1.22. The Morgan fingerprint density at radius 3 is 2.59 bits per heavy atom. The zero-order chi connectivity index (χ0) is 23.5. The standard InChI is InChI=1S/C24H36O7S/c1-15-6-9-19-23(4,11-10-20-24(19,5)14-30-22(2,3)31-20)18(15)8-7-17-16(12-29-21(17)25)13-32(26,27)28/h7,16,18-20H,1,6,8-14H2,2-5H3,(H,26,27,28)/b17-7+. The van der Waals surface area contributed by atoms with Gasteiger partial charge in [0.15, 0.2) is 5.79 Å². The van der Waals surface area contributed by atoms with Gasteiger partial charge in [-0.1, -0.05) is 32.1 Å². The van der Waals surface area contributed by atoms with Gasteiger partial charge in [0, 0.05) is 16.9 Å². The quantitative estimate of drug-likeness (QED) is 0.289. The topological polar surface area (TPSA) is 99.1 Å². The Morgan fingerprint density at radius 1 is 1.19 bits per heavy atom. The van der Waals surface area contributed by atoms with Gasteiger partial charge in [0.2, 0.25) is 0 Å². The van der Waals surface area contributed by atoms with E-state index in [-0.39, 0.29) is 29.5 Å². The summed E-state index contributed by atoms with van der Waals surface area (Å²) in [7, 11) is -4.20. The molecule has 0 radical (unpaired) electrons. The lowest BCUT2D eigenvalue weighted by molar-refractivity contribution is -0.344. The van der Waals surface area contributed by atoms with Gasteiger partial charge < -0.3 is 14.2 Å². The van der Waals surface area contributed by atoms with Crippen molar-refractivity contribution in [1.82, 2.24) is 0 Å². The Balaban J connectivity index is 1.59. The smallest absolute Gasteiger partial charge is 0.334 e. The summed E-state index contributed by atoms with van der Waals surface area (Å²) in [6.45, 7) is 13.6. The van der Waals surface area contributed by atoms with Gasteiger partial charge in [0.1, 0.15) is 0 Å². The third kappa shape index (κ3) is 4.19. The summed E-state index contributed by atoms with van der Waals surface area (Å²) in [5, 5.41) is 0. The molecule has 4 fully saturated rings. The first-order chi connectivity index (χ1) is 14.8.